The predicted molar refractivity (Wildman–Crippen MR) is 68.3 cm³/mol. The van der Waals surface area contributed by atoms with Gasteiger partial charge in [0.15, 0.2) is 0 Å². The van der Waals surface area contributed by atoms with Crippen LogP contribution in [0.1, 0.15) is 41.5 Å². The van der Waals surface area contributed by atoms with Gasteiger partial charge in [0.2, 0.25) is 5.89 Å². The molecule has 2 atom stereocenters. The number of aromatic nitrogens is 2. The number of aryl methyl sites for hydroxylation is 1. The van der Waals surface area contributed by atoms with Crippen molar-refractivity contribution >= 4 is 0 Å². The average molecular weight is 265 g/mol. The van der Waals surface area contributed by atoms with Crippen LogP contribution in [0.25, 0.3) is 0 Å². The van der Waals surface area contributed by atoms with Gasteiger partial charge in [-0.2, -0.15) is 0 Å². The van der Waals surface area contributed by atoms with Gasteiger partial charge in [0.05, 0.1) is 6.04 Å². The number of hydrogen-bond acceptors (Lipinski definition) is 4. The molecule has 0 saturated heterocycles. The van der Waals surface area contributed by atoms with Crippen molar-refractivity contribution < 1.29 is 8.81 Å². The third kappa shape index (κ3) is 2.58. The number of hydrogen-bond donors (Lipinski definition) is 2. The third-order valence-electron chi connectivity index (χ3n) is 3.44. The van der Waals surface area contributed by atoms with Crippen LogP contribution in [0.4, 0.5) is 4.39 Å². The lowest BCUT2D eigenvalue weighted by Gasteiger charge is -2.20. The van der Waals surface area contributed by atoms with E-state index in [0.29, 0.717) is 0 Å². The number of nitrogens with zero attached hydrogens (tertiary/aromatic N) is 1. The molecule has 3 N–H and O–H groups in total. The van der Waals surface area contributed by atoms with Crippen LogP contribution >= 0.6 is 0 Å². The van der Waals surface area contributed by atoms with E-state index in [1.54, 1.807) is 0 Å². The first-order valence-electron chi connectivity index (χ1n) is 5.97. The van der Waals surface area contributed by atoms with Crippen molar-refractivity contribution in [2.24, 2.45) is 5.73 Å². The molecule has 0 saturated carbocycles. The second-order valence-corrected chi connectivity index (χ2v) is 4.70. The number of H-pyrrole nitrogens is 1. The molecule has 0 fully saturated rings. The van der Waals surface area contributed by atoms with E-state index in [1.807, 2.05) is 20.8 Å². The predicted octanol–water partition coefficient (Wildman–Crippen LogP) is 1.92. The first-order chi connectivity index (χ1) is 8.90. The highest BCUT2D eigenvalue weighted by atomic mass is 19.1. The molecule has 1 heterocycles. The number of benzene rings is 1. The molecule has 0 aliphatic rings. The Morgan fingerprint density at radius 3 is 2.68 bits per heavy atom. The van der Waals surface area contributed by atoms with Gasteiger partial charge in [0.25, 0.3) is 0 Å². The van der Waals surface area contributed by atoms with Crippen LogP contribution in [0.3, 0.4) is 0 Å². The second-order valence-electron chi connectivity index (χ2n) is 4.70. The maximum atomic E-state index is 13.5. The van der Waals surface area contributed by atoms with E-state index in [0.717, 1.165) is 16.7 Å². The Morgan fingerprint density at radius 1 is 1.42 bits per heavy atom. The van der Waals surface area contributed by atoms with E-state index in [4.69, 9.17) is 10.2 Å². The zero-order valence-electron chi connectivity index (χ0n) is 11.0. The molecule has 2 aromatic rings. The Kier molecular flexibility index (Phi) is 3.53. The van der Waals surface area contributed by atoms with Gasteiger partial charge in [0.1, 0.15) is 5.82 Å². The molecule has 102 valence electrons. The van der Waals surface area contributed by atoms with Gasteiger partial charge in [-0.1, -0.05) is 6.92 Å². The van der Waals surface area contributed by atoms with Gasteiger partial charge in [-0.15, -0.1) is 5.10 Å². The van der Waals surface area contributed by atoms with Crippen molar-refractivity contribution in [2.45, 2.75) is 32.7 Å². The van der Waals surface area contributed by atoms with Crippen LogP contribution in [-0.4, -0.2) is 10.2 Å². The van der Waals surface area contributed by atoms with Crippen LogP contribution in [0.15, 0.2) is 21.3 Å². The fourth-order valence-corrected chi connectivity index (χ4v) is 2.11. The van der Waals surface area contributed by atoms with E-state index in [-0.39, 0.29) is 17.6 Å². The van der Waals surface area contributed by atoms with E-state index in [1.165, 1.54) is 12.1 Å². The molecule has 1 aromatic heterocycles. The van der Waals surface area contributed by atoms with E-state index >= 15 is 0 Å². The fourth-order valence-electron chi connectivity index (χ4n) is 2.11. The monoisotopic (exact) mass is 265 g/mol. The molecule has 6 heteroatoms. The summed E-state index contributed by atoms with van der Waals surface area (Å²) in [5.74, 6) is -1.05. The minimum absolute atomic E-state index is 0.124. The van der Waals surface area contributed by atoms with Gasteiger partial charge < -0.3 is 10.2 Å². The highest BCUT2D eigenvalue weighted by Crippen LogP contribution is 2.31. The SMILES string of the molecule is Cc1cc(F)cc(C(C)C(N)c2n[nH]c(=O)o2)c1C. The van der Waals surface area contributed by atoms with Gasteiger partial charge >= 0.3 is 5.76 Å². The molecule has 19 heavy (non-hydrogen) atoms. The molecule has 0 spiro atoms. The van der Waals surface area contributed by atoms with Crippen LogP contribution in [0.2, 0.25) is 0 Å². The molecule has 5 nitrogen and oxygen atoms in total. The maximum Gasteiger partial charge on any atom is 0.434 e. The van der Waals surface area contributed by atoms with E-state index < -0.39 is 11.8 Å². The lowest BCUT2D eigenvalue weighted by atomic mass is 9.88. The number of nitrogens with two attached hydrogens (primary N) is 1. The molecule has 0 aliphatic heterocycles. The first kappa shape index (κ1) is 13.5. The van der Waals surface area contributed by atoms with Crippen molar-refractivity contribution in [1.82, 2.24) is 10.2 Å². The largest absolute Gasteiger partial charge is 0.434 e. The zero-order chi connectivity index (χ0) is 14.2. The van der Waals surface area contributed by atoms with Crippen molar-refractivity contribution in [3.05, 3.63) is 51.1 Å². The maximum absolute atomic E-state index is 13.5. The standard InChI is InChI=1S/C13H16FN3O2/c1-6-4-9(14)5-10(7(6)2)8(3)11(15)12-16-17-13(18)19-12/h4-5,8,11H,15H2,1-3H3,(H,17,18). The quantitative estimate of drug-likeness (QED) is 0.887. The Balaban J connectivity index is 2.39. The number of halogens is 1. The first-order valence-corrected chi connectivity index (χ1v) is 5.97. The Labute approximate surface area is 109 Å². The Bertz CT molecular complexity index is 648. The lowest BCUT2D eigenvalue weighted by Crippen LogP contribution is -2.19. The summed E-state index contributed by atoms with van der Waals surface area (Å²) in [6.07, 6.45) is 0. The minimum Gasteiger partial charge on any atom is -0.391 e. The fraction of sp³-hybridized carbons (Fsp3) is 0.385. The summed E-state index contributed by atoms with van der Waals surface area (Å²) in [7, 11) is 0. The Morgan fingerprint density at radius 2 is 2.11 bits per heavy atom. The molecule has 2 rings (SSSR count). The van der Waals surface area contributed by atoms with Crippen molar-refractivity contribution in [1.29, 1.82) is 0 Å². The van der Waals surface area contributed by atoms with Gasteiger partial charge in [-0.05, 0) is 42.7 Å². The van der Waals surface area contributed by atoms with Crippen molar-refractivity contribution in [3.8, 4) is 0 Å². The zero-order valence-corrected chi connectivity index (χ0v) is 11.0. The number of nitrogens with one attached hydrogen (secondary N) is 1. The topological polar surface area (TPSA) is 84.9 Å². The summed E-state index contributed by atoms with van der Waals surface area (Å²) in [6, 6.07) is 2.32. The molecule has 0 aliphatic carbocycles. The second kappa shape index (κ2) is 4.97. The van der Waals surface area contributed by atoms with E-state index in [2.05, 4.69) is 10.2 Å². The minimum atomic E-state index is -0.648. The summed E-state index contributed by atoms with van der Waals surface area (Å²) < 4.78 is 18.3. The average Bonchev–Trinajstić information content (AvgIpc) is 2.78. The van der Waals surface area contributed by atoms with Crippen molar-refractivity contribution in [3.63, 3.8) is 0 Å². The summed E-state index contributed by atoms with van der Waals surface area (Å²) >= 11 is 0. The molecule has 2 unspecified atom stereocenters. The van der Waals surface area contributed by atoms with Crippen LogP contribution in [0, 0.1) is 19.7 Å². The lowest BCUT2D eigenvalue weighted by molar-refractivity contribution is 0.400. The van der Waals surface area contributed by atoms with E-state index in [9.17, 15) is 9.18 Å². The van der Waals surface area contributed by atoms with Crippen LogP contribution in [0.5, 0.6) is 0 Å². The van der Waals surface area contributed by atoms with Crippen molar-refractivity contribution in [2.75, 3.05) is 0 Å². The summed E-state index contributed by atoms with van der Waals surface area (Å²) in [6.45, 7) is 5.60. The smallest absolute Gasteiger partial charge is 0.391 e. The summed E-state index contributed by atoms with van der Waals surface area (Å²) in [4.78, 5) is 10.9. The summed E-state index contributed by atoms with van der Waals surface area (Å²) in [5, 5.41) is 5.88. The molecule has 0 amide bonds. The van der Waals surface area contributed by atoms with Crippen LogP contribution in [-0.2, 0) is 0 Å². The number of rotatable bonds is 3. The normalized spacial score (nSPS) is 14.4. The number of aromatic amines is 1. The van der Waals surface area contributed by atoms with Gasteiger partial charge in [-0.25, -0.2) is 14.3 Å². The molecule has 1 aromatic carbocycles. The van der Waals surface area contributed by atoms with Gasteiger partial charge in [0, 0.05) is 5.92 Å². The molecular formula is C13H16FN3O2. The highest BCUT2D eigenvalue weighted by molar-refractivity contribution is 5.37. The molecule has 0 bridgehead atoms. The molecule has 0 radical (unpaired) electrons. The van der Waals surface area contributed by atoms with Crippen LogP contribution < -0.4 is 11.5 Å². The third-order valence-corrected chi connectivity index (χ3v) is 3.44. The highest BCUT2D eigenvalue weighted by Gasteiger charge is 2.24. The summed E-state index contributed by atoms with van der Waals surface area (Å²) in [5.41, 5.74) is 8.64. The molecular weight excluding hydrogens is 249 g/mol. The Hall–Kier alpha value is -1.95. The van der Waals surface area contributed by atoms with Gasteiger partial charge in [-0.3, -0.25) is 0 Å².